The van der Waals surface area contributed by atoms with Gasteiger partial charge in [-0.3, -0.25) is 4.79 Å². The van der Waals surface area contributed by atoms with E-state index in [1.807, 2.05) is 20.8 Å². The molecule has 0 spiro atoms. The number of esters is 1. The Bertz CT molecular complexity index is 698. The van der Waals surface area contributed by atoms with Crippen LogP contribution in [0.15, 0.2) is 29.2 Å². The number of hydrogen-bond donors (Lipinski definition) is 2. The number of nitrogens with one attached hydrogen (secondary N) is 2. The molecule has 0 radical (unpaired) electrons. The number of amides is 1. The highest BCUT2D eigenvalue weighted by atomic mass is 32.2. The van der Waals surface area contributed by atoms with Gasteiger partial charge in [0.1, 0.15) is 12.1 Å². The molecule has 0 aromatic heterocycles. The summed E-state index contributed by atoms with van der Waals surface area (Å²) in [5.74, 6) is -1.09. The number of ether oxygens (including phenoxy) is 1. The maximum absolute atomic E-state index is 12.5. The number of rotatable bonds is 8. The zero-order chi connectivity index (χ0) is 19.2. The molecule has 1 amide bonds. The summed E-state index contributed by atoms with van der Waals surface area (Å²) in [4.78, 5) is 24.0. The third-order valence-electron chi connectivity index (χ3n) is 3.57. The monoisotopic (exact) mass is 370 g/mol. The fourth-order valence-corrected chi connectivity index (χ4v) is 3.41. The Morgan fingerprint density at radius 3 is 2.16 bits per heavy atom. The highest BCUT2D eigenvalue weighted by molar-refractivity contribution is 7.89. The van der Waals surface area contributed by atoms with Crippen LogP contribution in [0.5, 0.6) is 0 Å². The van der Waals surface area contributed by atoms with E-state index in [0.29, 0.717) is 6.42 Å². The van der Waals surface area contributed by atoms with Crippen molar-refractivity contribution in [3.63, 3.8) is 0 Å². The summed E-state index contributed by atoms with van der Waals surface area (Å²) in [6, 6.07) is 4.49. The second-order valence-corrected chi connectivity index (χ2v) is 8.08. The Kier molecular flexibility index (Phi) is 7.57. The van der Waals surface area contributed by atoms with Gasteiger partial charge in [0.2, 0.25) is 15.9 Å². The van der Waals surface area contributed by atoms with Crippen molar-refractivity contribution in [2.45, 2.75) is 51.1 Å². The normalized spacial score (nSPS) is 14.0. The van der Waals surface area contributed by atoms with Crippen LogP contribution in [0.4, 0.5) is 0 Å². The average Bonchev–Trinajstić information content (AvgIpc) is 2.53. The molecule has 1 aromatic carbocycles. The summed E-state index contributed by atoms with van der Waals surface area (Å²) in [5, 5.41) is 2.48. The maximum Gasteiger partial charge on any atom is 0.328 e. The topological polar surface area (TPSA) is 102 Å². The van der Waals surface area contributed by atoms with Crippen LogP contribution in [-0.4, -0.2) is 39.5 Å². The first-order valence-electron chi connectivity index (χ1n) is 8.04. The lowest BCUT2D eigenvalue weighted by atomic mass is 10.0. The molecule has 1 rings (SSSR count). The second kappa shape index (κ2) is 8.96. The number of carbonyl (C=O) groups is 2. The number of methoxy groups -OCH3 is 1. The molecular formula is C17H26N2O5S. The molecule has 0 heterocycles. The van der Waals surface area contributed by atoms with E-state index >= 15 is 0 Å². The van der Waals surface area contributed by atoms with Gasteiger partial charge in [-0.2, -0.15) is 4.72 Å². The van der Waals surface area contributed by atoms with Crippen molar-refractivity contribution < 1.29 is 22.7 Å². The molecule has 0 bridgehead atoms. The van der Waals surface area contributed by atoms with Crippen LogP contribution in [0, 0.1) is 12.8 Å². The minimum absolute atomic E-state index is 0.0740. The van der Waals surface area contributed by atoms with E-state index in [4.69, 9.17) is 0 Å². The Balaban J connectivity index is 2.96. The summed E-state index contributed by atoms with van der Waals surface area (Å²) >= 11 is 0. The third-order valence-corrected chi connectivity index (χ3v) is 5.05. The predicted octanol–water partition coefficient (Wildman–Crippen LogP) is 1.37. The summed E-state index contributed by atoms with van der Waals surface area (Å²) in [7, 11) is -2.64. The summed E-state index contributed by atoms with van der Waals surface area (Å²) in [6.45, 7) is 7.09. The lowest BCUT2D eigenvalue weighted by molar-refractivity contribution is -0.144. The molecule has 8 heteroatoms. The second-order valence-electron chi connectivity index (χ2n) is 6.37. The maximum atomic E-state index is 12.5. The van der Waals surface area contributed by atoms with Crippen molar-refractivity contribution in [2.75, 3.05) is 7.11 Å². The first kappa shape index (κ1) is 21.1. The van der Waals surface area contributed by atoms with E-state index in [-0.39, 0.29) is 10.8 Å². The molecular weight excluding hydrogens is 344 g/mol. The SMILES string of the molecule is COC(=O)[C@@H](C)NC(=O)[C@H](CC(C)C)NS(=O)(=O)c1ccc(C)cc1. The molecule has 0 saturated heterocycles. The van der Waals surface area contributed by atoms with Gasteiger partial charge in [0.25, 0.3) is 0 Å². The number of sulfonamides is 1. The first-order valence-corrected chi connectivity index (χ1v) is 9.52. The number of carbonyl (C=O) groups excluding carboxylic acids is 2. The van der Waals surface area contributed by atoms with E-state index in [9.17, 15) is 18.0 Å². The van der Waals surface area contributed by atoms with Crippen LogP contribution in [-0.2, 0) is 24.3 Å². The van der Waals surface area contributed by atoms with Crippen LogP contribution in [0.2, 0.25) is 0 Å². The molecule has 140 valence electrons. The van der Waals surface area contributed by atoms with Crippen LogP contribution in [0.3, 0.4) is 0 Å². The molecule has 7 nitrogen and oxygen atoms in total. The zero-order valence-corrected chi connectivity index (χ0v) is 16.0. The van der Waals surface area contributed by atoms with Crippen LogP contribution in [0.25, 0.3) is 0 Å². The molecule has 2 N–H and O–H groups in total. The van der Waals surface area contributed by atoms with Crippen molar-refractivity contribution in [1.29, 1.82) is 0 Å². The Hall–Kier alpha value is -1.93. The van der Waals surface area contributed by atoms with Crippen molar-refractivity contribution in [2.24, 2.45) is 5.92 Å². The fraction of sp³-hybridized carbons (Fsp3) is 0.529. The molecule has 2 atom stereocenters. The standard InChI is InChI=1S/C17H26N2O5S/c1-11(2)10-15(16(20)18-13(4)17(21)24-5)19-25(22,23)14-8-6-12(3)7-9-14/h6-9,11,13,15,19H,10H2,1-5H3,(H,18,20)/t13-,15+/m1/s1. The van der Waals surface area contributed by atoms with Gasteiger partial charge in [0.05, 0.1) is 12.0 Å². The first-order chi connectivity index (χ1) is 11.6. The highest BCUT2D eigenvalue weighted by Gasteiger charge is 2.28. The van der Waals surface area contributed by atoms with Crippen LogP contribution in [0.1, 0.15) is 32.8 Å². The van der Waals surface area contributed by atoms with Gasteiger partial charge in [0.15, 0.2) is 0 Å². The predicted molar refractivity (Wildman–Crippen MR) is 94.4 cm³/mol. The van der Waals surface area contributed by atoms with Gasteiger partial charge in [0, 0.05) is 0 Å². The molecule has 25 heavy (non-hydrogen) atoms. The molecule has 0 aliphatic rings. The third kappa shape index (κ3) is 6.47. The highest BCUT2D eigenvalue weighted by Crippen LogP contribution is 2.13. The van der Waals surface area contributed by atoms with Crippen LogP contribution < -0.4 is 10.0 Å². The van der Waals surface area contributed by atoms with Gasteiger partial charge < -0.3 is 10.1 Å². The lowest BCUT2D eigenvalue weighted by Gasteiger charge is -2.22. The van der Waals surface area contributed by atoms with Gasteiger partial charge >= 0.3 is 5.97 Å². The van der Waals surface area contributed by atoms with Crippen LogP contribution >= 0.6 is 0 Å². The van der Waals surface area contributed by atoms with E-state index in [1.54, 1.807) is 12.1 Å². The molecule has 0 aliphatic heterocycles. The van der Waals surface area contributed by atoms with Crippen molar-refractivity contribution in [1.82, 2.24) is 10.0 Å². The van der Waals surface area contributed by atoms with Crippen molar-refractivity contribution >= 4 is 21.9 Å². The minimum Gasteiger partial charge on any atom is -0.467 e. The molecule has 0 unspecified atom stereocenters. The number of benzene rings is 1. The molecule has 0 aliphatic carbocycles. The van der Waals surface area contributed by atoms with Crippen molar-refractivity contribution in [3.8, 4) is 0 Å². The summed E-state index contributed by atoms with van der Waals surface area (Å²) < 4.78 is 32.1. The van der Waals surface area contributed by atoms with E-state index in [2.05, 4.69) is 14.8 Å². The van der Waals surface area contributed by atoms with Crippen molar-refractivity contribution in [3.05, 3.63) is 29.8 Å². The quantitative estimate of drug-likeness (QED) is 0.673. The van der Waals surface area contributed by atoms with Gasteiger partial charge in [-0.05, 0) is 38.3 Å². The van der Waals surface area contributed by atoms with Gasteiger partial charge in [-0.1, -0.05) is 31.5 Å². The molecule has 0 saturated carbocycles. The van der Waals surface area contributed by atoms with E-state index in [1.165, 1.54) is 26.2 Å². The lowest BCUT2D eigenvalue weighted by Crippen LogP contribution is -2.51. The zero-order valence-electron chi connectivity index (χ0n) is 15.2. The Morgan fingerprint density at radius 1 is 1.12 bits per heavy atom. The van der Waals surface area contributed by atoms with Gasteiger partial charge in [-0.15, -0.1) is 0 Å². The van der Waals surface area contributed by atoms with Gasteiger partial charge in [-0.25, -0.2) is 13.2 Å². The van der Waals surface area contributed by atoms with E-state index < -0.39 is 34.0 Å². The fourth-order valence-electron chi connectivity index (χ4n) is 2.20. The smallest absolute Gasteiger partial charge is 0.328 e. The molecule has 0 fully saturated rings. The summed E-state index contributed by atoms with van der Waals surface area (Å²) in [5.41, 5.74) is 0.933. The summed E-state index contributed by atoms with van der Waals surface area (Å²) in [6.07, 6.45) is 0.296. The Labute approximate surface area is 149 Å². The number of hydrogen-bond acceptors (Lipinski definition) is 5. The average molecular weight is 370 g/mol. The largest absolute Gasteiger partial charge is 0.467 e. The Morgan fingerprint density at radius 2 is 1.68 bits per heavy atom. The van der Waals surface area contributed by atoms with E-state index in [0.717, 1.165) is 5.56 Å². The number of aryl methyl sites for hydroxylation is 1. The molecule has 1 aromatic rings. The minimum atomic E-state index is -3.86.